The molecule has 0 aromatic rings. The molecule has 0 saturated carbocycles. The lowest BCUT2D eigenvalue weighted by Gasteiger charge is -2.40. The van der Waals surface area contributed by atoms with E-state index in [-0.39, 0.29) is 0 Å². The second-order valence-corrected chi connectivity index (χ2v) is 9.35. The molecule has 0 spiro atoms. The number of rotatable bonds is 11. The van der Waals surface area contributed by atoms with Gasteiger partial charge in [0.05, 0.1) is 0 Å². The first-order valence-electron chi connectivity index (χ1n) is 10.6. The van der Waals surface area contributed by atoms with Gasteiger partial charge in [0.2, 0.25) is 0 Å². The first-order chi connectivity index (χ1) is 11.0. The highest BCUT2D eigenvalue weighted by Crippen LogP contribution is 2.40. The Labute approximate surface area is 154 Å². The van der Waals surface area contributed by atoms with Gasteiger partial charge in [0.25, 0.3) is 0 Å². The summed E-state index contributed by atoms with van der Waals surface area (Å²) in [6.07, 6.45) is 3.42. The van der Waals surface area contributed by atoms with Gasteiger partial charge in [0.1, 0.15) is 0 Å². The molecule has 0 N–H and O–H groups in total. The van der Waals surface area contributed by atoms with Crippen molar-refractivity contribution in [1.82, 2.24) is 0 Å². The Bertz CT molecular complexity index is 344. The van der Waals surface area contributed by atoms with Crippen molar-refractivity contribution in [3.63, 3.8) is 0 Å². The first kappa shape index (κ1) is 23.7. The second-order valence-electron chi connectivity index (χ2n) is 9.35. The normalized spacial score (nSPS) is 24.8. The van der Waals surface area contributed by atoms with Crippen LogP contribution < -0.4 is 0 Å². The molecule has 0 heterocycles. The summed E-state index contributed by atoms with van der Waals surface area (Å²) in [6, 6.07) is 0. The molecule has 0 radical (unpaired) electrons. The van der Waals surface area contributed by atoms with Crippen LogP contribution in [0.4, 0.5) is 0 Å². The van der Waals surface area contributed by atoms with Crippen molar-refractivity contribution in [3.8, 4) is 0 Å². The highest BCUT2D eigenvalue weighted by Gasteiger charge is 2.34. The molecule has 24 heavy (non-hydrogen) atoms. The SMILES string of the molecule is C=CC(C)C(C)C(C)C(C)C(C)C(C)C(C)C(C)C(C)C(C)CC. The monoisotopic (exact) mass is 336 g/mol. The maximum absolute atomic E-state index is 4.00. The van der Waals surface area contributed by atoms with Crippen LogP contribution in [0.1, 0.15) is 82.6 Å². The van der Waals surface area contributed by atoms with Crippen LogP contribution in [0.5, 0.6) is 0 Å². The van der Waals surface area contributed by atoms with Gasteiger partial charge in [-0.2, -0.15) is 0 Å². The third-order valence-corrected chi connectivity index (χ3v) is 8.55. The van der Waals surface area contributed by atoms with E-state index >= 15 is 0 Å². The van der Waals surface area contributed by atoms with Gasteiger partial charge in [-0.25, -0.2) is 0 Å². The molecule has 0 bridgehead atoms. The van der Waals surface area contributed by atoms with Crippen LogP contribution in [-0.2, 0) is 0 Å². The average Bonchev–Trinajstić information content (AvgIpc) is 2.61. The fraction of sp³-hybridized carbons (Fsp3) is 0.917. The molecular weight excluding hydrogens is 288 g/mol. The molecule has 0 saturated heterocycles. The van der Waals surface area contributed by atoms with E-state index in [0.29, 0.717) is 11.8 Å². The van der Waals surface area contributed by atoms with Gasteiger partial charge in [-0.1, -0.05) is 88.7 Å². The molecule has 10 atom stereocenters. The van der Waals surface area contributed by atoms with E-state index < -0.39 is 0 Å². The lowest BCUT2D eigenvalue weighted by Crippen LogP contribution is -2.34. The van der Waals surface area contributed by atoms with Crippen molar-refractivity contribution in [3.05, 3.63) is 12.7 Å². The predicted octanol–water partition coefficient (Wildman–Crippen LogP) is 7.94. The van der Waals surface area contributed by atoms with Crippen molar-refractivity contribution in [1.29, 1.82) is 0 Å². The predicted molar refractivity (Wildman–Crippen MR) is 112 cm³/mol. The number of hydrogen-bond donors (Lipinski definition) is 0. The Morgan fingerprint density at radius 3 is 1.12 bits per heavy atom. The minimum atomic E-state index is 0.603. The minimum Gasteiger partial charge on any atom is -0.103 e. The summed E-state index contributed by atoms with van der Waals surface area (Å²) < 4.78 is 0. The van der Waals surface area contributed by atoms with E-state index in [1.54, 1.807) is 0 Å². The Morgan fingerprint density at radius 1 is 0.542 bits per heavy atom. The molecule has 0 aliphatic rings. The summed E-state index contributed by atoms with van der Waals surface area (Å²) in [7, 11) is 0. The Balaban J connectivity index is 4.95. The molecule has 0 aliphatic carbocycles. The Morgan fingerprint density at radius 2 is 0.833 bits per heavy atom. The maximum atomic E-state index is 4.00. The van der Waals surface area contributed by atoms with Gasteiger partial charge in [-0.05, 0) is 59.2 Å². The molecule has 144 valence electrons. The van der Waals surface area contributed by atoms with Crippen LogP contribution in [0.25, 0.3) is 0 Å². The summed E-state index contributed by atoms with van der Waals surface area (Å²) in [4.78, 5) is 0. The number of allylic oxidation sites excluding steroid dienone is 1. The van der Waals surface area contributed by atoms with Crippen LogP contribution in [0.2, 0.25) is 0 Å². The first-order valence-corrected chi connectivity index (χ1v) is 10.6. The molecule has 0 rings (SSSR count). The molecule has 0 fully saturated rings. The van der Waals surface area contributed by atoms with Crippen molar-refractivity contribution in [2.24, 2.45) is 59.2 Å². The Kier molecular flexibility index (Phi) is 10.6. The van der Waals surface area contributed by atoms with Crippen LogP contribution in [0, 0.1) is 59.2 Å². The van der Waals surface area contributed by atoms with Gasteiger partial charge in [0.15, 0.2) is 0 Å². The van der Waals surface area contributed by atoms with Crippen molar-refractivity contribution in [2.45, 2.75) is 82.6 Å². The quantitative estimate of drug-likeness (QED) is 0.336. The summed E-state index contributed by atoms with van der Waals surface area (Å²) in [5.74, 6) is 7.56. The van der Waals surface area contributed by atoms with Crippen molar-refractivity contribution in [2.75, 3.05) is 0 Å². The van der Waals surface area contributed by atoms with E-state index in [0.717, 1.165) is 47.3 Å². The molecule has 0 aliphatic heterocycles. The lowest BCUT2D eigenvalue weighted by molar-refractivity contribution is 0.0852. The van der Waals surface area contributed by atoms with Gasteiger partial charge in [-0.3, -0.25) is 0 Å². The highest BCUT2D eigenvalue weighted by molar-refractivity contribution is 4.86. The fourth-order valence-electron chi connectivity index (χ4n) is 4.46. The molecule has 0 nitrogen and oxygen atoms in total. The maximum Gasteiger partial charge on any atom is -0.0236 e. The van der Waals surface area contributed by atoms with Gasteiger partial charge in [0, 0.05) is 0 Å². The molecular formula is C24H48. The van der Waals surface area contributed by atoms with E-state index in [9.17, 15) is 0 Å². The third-order valence-electron chi connectivity index (χ3n) is 8.55. The van der Waals surface area contributed by atoms with Crippen LogP contribution >= 0.6 is 0 Å². The third kappa shape index (κ3) is 5.92. The van der Waals surface area contributed by atoms with Crippen LogP contribution in [-0.4, -0.2) is 0 Å². The van der Waals surface area contributed by atoms with Gasteiger partial charge in [-0.15, -0.1) is 6.58 Å². The zero-order valence-electron chi connectivity index (χ0n) is 18.8. The van der Waals surface area contributed by atoms with Crippen LogP contribution in [0.15, 0.2) is 12.7 Å². The average molecular weight is 337 g/mol. The van der Waals surface area contributed by atoms with E-state index in [2.05, 4.69) is 88.8 Å². The molecule has 0 amide bonds. The zero-order chi connectivity index (χ0) is 19.2. The Hall–Kier alpha value is -0.260. The molecule has 0 aromatic carbocycles. The summed E-state index contributed by atoms with van der Waals surface area (Å²) in [5, 5.41) is 0. The van der Waals surface area contributed by atoms with Crippen molar-refractivity contribution < 1.29 is 0 Å². The molecule has 0 aromatic heterocycles. The van der Waals surface area contributed by atoms with E-state index in [1.807, 2.05) is 0 Å². The molecule has 0 heteroatoms. The van der Waals surface area contributed by atoms with E-state index in [4.69, 9.17) is 0 Å². The van der Waals surface area contributed by atoms with E-state index in [1.165, 1.54) is 6.42 Å². The number of hydrogen-bond acceptors (Lipinski definition) is 0. The smallest absolute Gasteiger partial charge is 0.0236 e. The highest BCUT2D eigenvalue weighted by atomic mass is 14.4. The standard InChI is InChI=1S/C24H48/c1-13-15(3)17(5)19(7)21(9)23(11)24(12)22(10)20(8)18(6)16(4)14-2/h13,15-24H,1,14H2,2-12H3. The minimum absolute atomic E-state index is 0.603. The largest absolute Gasteiger partial charge is 0.103 e. The summed E-state index contributed by atoms with van der Waals surface area (Å²) in [6.45, 7) is 30.8. The second kappa shape index (κ2) is 10.7. The molecule has 10 unspecified atom stereocenters. The van der Waals surface area contributed by atoms with Gasteiger partial charge >= 0.3 is 0 Å². The van der Waals surface area contributed by atoms with Crippen molar-refractivity contribution >= 4 is 0 Å². The van der Waals surface area contributed by atoms with Gasteiger partial charge < -0.3 is 0 Å². The summed E-state index contributed by atoms with van der Waals surface area (Å²) >= 11 is 0. The fourth-order valence-corrected chi connectivity index (χ4v) is 4.46. The van der Waals surface area contributed by atoms with Crippen LogP contribution in [0.3, 0.4) is 0 Å². The summed E-state index contributed by atoms with van der Waals surface area (Å²) in [5.41, 5.74) is 0. The lowest BCUT2D eigenvalue weighted by atomic mass is 9.65. The zero-order valence-corrected chi connectivity index (χ0v) is 18.8. The topological polar surface area (TPSA) is 0 Å².